The third-order valence-electron chi connectivity index (χ3n) is 15.1. The van der Waals surface area contributed by atoms with Crippen LogP contribution in [0, 0.1) is 0 Å². The highest BCUT2D eigenvalue weighted by atomic mass is 35.6. The van der Waals surface area contributed by atoms with Crippen LogP contribution < -0.4 is 5.32 Å². The lowest BCUT2D eigenvalue weighted by atomic mass is 9.96. The number of unbranched alkanes of at least 4 members (excludes halogenated alkanes) is 18. The first-order chi connectivity index (χ1) is 44.3. The van der Waals surface area contributed by atoms with Crippen LogP contribution in [0.25, 0.3) is 0 Å². The van der Waals surface area contributed by atoms with Gasteiger partial charge in [-0.15, -0.1) is 26.3 Å². The second kappa shape index (κ2) is 53.1. The smallest absolute Gasteiger partial charge is 0.445 e. The fourth-order valence-corrected chi connectivity index (χ4v) is 13.1. The molecule has 0 spiro atoms. The topological polar surface area (TPSA) is 222 Å². The summed E-state index contributed by atoms with van der Waals surface area (Å²) in [5, 5.41) is 15.4. The summed E-state index contributed by atoms with van der Waals surface area (Å²) in [6, 6.07) is -1.44. The van der Waals surface area contributed by atoms with Crippen LogP contribution in [0.3, 0.4) is 0 Å². The van der Waals surface area contributed by atoms with Gasteiger partial charge in [-0.3, -0.25) is 18.1 Å². The summed E-state index contributed by atoms with van der Waals surface area (Å²) in [7, 11) is -5.33. The summed E-state index contributed by atoms with van der Waals surface area (Å²) in [5.74, 6) is 0. The van der Waals surface area contributed by atoms with Gasteiger partial charge < -0.3 is 66.8 Å². The lowest BCUT2D eigenvalue weighted by molar-refractivity contribution is -0.330. The molecule has 2 aliphatic rings. The van der Waals surface area contributed by atoms with Crippen molar-refractivity contribution in [2.45, 2.75) is 265 Å². The Labute approximate surface area is 559 Å². The fourth-order valence-electron chi connectivity index (χ4n) is 10.2. The summed E-state index contributed by atoms with van der Waals surface area (Å²) in [6.45, 7) is 18.7. The van der Waals surface area contributed by atoms with Gasteiger partial charge in [0.25, 0.3) is 0 Å². The number of alkyl halides is 3. The molecule has 2 aliphatic heterocycles. The number of phosphoric ester groups is 1. The number of aliphatic hydroxyl groups is 1. The highest BCUT2D eigenvalue weighted by Crippen LogP contribution is 2.53. The predicted molar refractivity (Wildman–Crippen MR) is 357 cm³/mol. The molecule has 0 aromatic carbocycles. The molecule has 2 fully saturated rings. The van der Waals surface area contributed by atoms with Crippen LogP contribution in [-0.2, 0) is 79.1 Å². The molecule has 20 nitrogen and oxygen atoms in total. The van der Waals surface area contributed by atoms with E-state index in [1.54, 1.807) is 7.11 Å². The number of methoxy groups -OCH3 is 2. The van der Waals surface area contributed by atoms with E-state index in [0.717, 1.165) is 89.9 Å². The second-order valence-electron chi connectivity index (χ2n) is 22.7. The minimum atomic E-state index is -4.55. The Morgan fingerprint density at radius 1 is 0.578 bits per heavy atom. The zero-order valence-electron chi connectivity index (χ0n) is 57.1. The van der Waals surface area contributed by atoms with Gasteiger partial charge in [0.1, 0.15) is 55.4 Å². The molecule has 0 bridgehead atoms. The number of hydrogen-bond donors (Lipinski definition) is 2. The summed E-state index contributed by atoms with van der Waals surface area (Å²) in [5.41, 5.74) is 0. The van der Waals surface area contributed by atoms with E-state index in [-0.39, 0.29) is 71.7 Å². The van der Waals surface area contributed by atoms with Crippen molar-refractivity contribution >= 4 is 56.3 Å². The van der Waals surface area contributed by atoms with E-state index in [0.29, 0.717) is 19.3 Å². The van der Waals surface area contributed by atoms with E-state index < -0.39 is 113 Å². The molecule has 2 N–H and O–H groups in total. The minimum absolute atomic E-state index is 0.000461. The number of phosphoric acid groups is 1. The van der Waals surface area contributed by atoms with Crippen LogP contribution >= 0.6 is 50.2 Å². The summed E-state index contributed by atoms with van der Waals surface area (Å²) in [4.78, 5) is 14.0. The van der Waals surface area contributed by atoms with Crippen molar-refractivity contribution < 1.29 is 91.8 Å². The number of carbonyl (C=O) groups excluding carboxylic acids is 1. The molecule has 0 aromatic rings. The third-order valence-corrected chi connectivity index (χ3v) is 18.7. The number of nitrogens with one attached hydrogen (secondary N) is 1. The van der Waals surface area contributed by atoms with Gasteiger partial charge in [0.05, 0.1) is 58.5 Å². The van der Waals surface area contributed by atoms with Crippen molar-refractivity contribution in [2.75, 3.05) is 93.1 Å². The Hall–Kier alpha value is -1.04. The SMILES string of the molecule is [2H]C(CCCCCCCCCC)CO[C@H]1[C@H](O)[C@@H](CO[C@@H]2O[C@H](COC)[C@@H](OP(=O)(OCC=C)OCC=C)[C@H](OCC[C@@H](CCCCCCC)OC)[C@H]2NC(=O)OCC(Cl)(Cl)Cl)OC(OCCP(=O)(OCC=C)OCC=C)[C@@H]1OCC([2H])CCCCCCCCCC. The lowest BCUT2D eigenvalue weighted by Gasteiger charge is -2.47. The standard InChI is InChI=1S/C65H118Cl3NO19P2/c1-10-17-20-23-25-27-29-31-34-37-45-76-60-57(70)54(86-63(79-48-49-89(72,82-41-13-4)83-42-14-5)61(60)77-46-38-35-32-30-28-26-24-21-18-11-2)51-80-62-56(69-64(71)81-52-65(66,67)68)59(78-47-40-53(75-9)39-36-33-22-19-12-3)58(55(87-62)50-74-8)88-90(73,84-43-15-6)85-44-16-7/h13-16,53-63,70H,4-7,10-12,17-52H2,1-3,8-9H3,(H,69,71)/t53-,54-,55-,56-,57-,58-,59-,60+,61-,62-,63?/m1/s1/i37D,38D/t37?,38?,53-,54-,55-,56-,57-,58-,59-,60+,61-,62-,63?. The van der Waals surface area contributed by atoms with Gasteiger partial charge in [0.2, 0.25) is 3.79 Å². The van der Waals surface area contributed by atoms with Crippen LogP contribution in [0.4, 0.5) is 4.79 Å². The molecule has 25 heteroatoms. The number of hydrogen-bond acceptors (Lipinski definition) is 19. The second-order valence-corrected chi connectivity index (χ2v) is 29.0. The third kappa shape index (κ3) is 38.0. The molecular formula is C65H118Cl3NO19P2. The van der Waals surface area contributed by atoms with E-state index in [2.05, 4.69) is 52.4 Å². The first-order valence-electron chi connectivity index (χ1n) is 34.3. The van der Waals surface area contributed by atoms with Gasteiger partial charge in [0.15, 0.2) is 12.6 Å². The first-order valence-corrected chi connectivity index (χ1v) is 37.4. The molecule has 90 heavy (non-hydrogen) atoms. The van der Waals surface area contributed by atoms with Crippen LogP contribution in [0.2, 0.25) is 0 Å². The average molecular weight is 1390 g/mol. The average Bonchev–Trinajstić information content (AvgIpc) is 0.789. The molecule has 0 aromatic heterocycles. The van der Waals surface area contributed by atoms with Gasteiger partial charge in [-0.2, -0.15) is 0 Å². The number of carbonyl (C=O) groups is 1. The zero-order chi connectivity index (χ0) is 67.9. The normalized spacial score (nSPS) is 23.7. The molecule has 3 unspecified atom stereocenters. The fraction of sp³-hybridized carbons (Fsp3) is 0.862. The Bertz CT molecular complexity index is 1980. The molecule has 1 amide bonds. The van der Waals surface area contributed by atoms with E-state index in [4.69, 9.17) is 108 Å². The number of aliphatic hydroxyl groups excluding tert-OH is 1. The highest BCUT2D eigenvalue weighted by molar-refractivity contribution is 7.53. The van der Waals surface area contributed by atoms with Gasteiger partial charge in [0, 0.05) is 36.8 Å². The Balaban J connectivity index is 2.78. The molecule has 0 aliphatic carbocycles. The van der Waals surface area contributed by atoms with E-state index in [1.807, 2.05) is 0 Å². The maximum atomic E-state index is 14.6. The zero-order valence-corrected chi connectivity index (χ0v) is 59.2. The van der Waals surface area contributed by atoms with E-state index in [1.165, 1.54) is 82.8 Å². The number of amides is 1. The summed E-state index contributed by atoms with van der Waals surface area (Å²) < 4.78 is 137. The monoisotopic (exact) mass is 1390 g/mol. The number of alkyl carbamates (subject to hydrolysis) is 1. The minimum Gasteiger partial charge on any atom is -0.445 e. The van der Waals surface area contributed by atoms with Gasteiger partial charge in [-0.05, 0) is 25.6 Å². The van der Waals surface area contributed by atoms with Crippen LogP contribution in [0.1, 0.15) is 197 Å². The quantitative estimate of drug-likeness (QED) is 0.0250. The molecule has 2 rings (SSSR count). The Morgan fingerprint density at radius 3 is 1.56 bits per heavy atom. The van der Waals surface area contributed by atoms with Crippen molar-refractivity contribution in [3.63, 3.8) is 0 Å². The van der Waals surface area contributed by atoms with E-state index in [9.17, 15) is 19.0 Å². The van der Waals surface area contributed by atoms with Gasteiger partial charge in [-0.25, -0.2) is 9.36 Å². The first kappa shape index (κ1) is 81.4. The maximum Gasteiger partial charge on any atom is 0.475 e. The van der Waals surface area contributed by atoms with Crippen LogP contribution in [0.5, 0.6) is 0 Å². The molecule has 13 atom stereocenters. The van der Waals surface area contributed by atoms with Crippen molar-refractivity contribution in [3.8, 4) is 0 Å². The predicted octanol–water partition coefficient (Wildman–Crippen LogP) is 16.2. The molecule has 2 heterocycles. The van der Waals surface area contributed by atoms with Crippen LogP contribution in [-0.4, -0.2) is 176 Å². The van der Waals surface area contributed by atoms with Crippen molar-refractivity contribution in [1.82, 2.24) is 5.32 Å². The molecule has 0 saturated carbocycles. The van der Waals surface area contributed by atoms with E-state index >= 15 is 0 Å². The van der Waals surface area contributed by atoms with Crippen molar-refractivity contribution in [2.24, 2.45) is 0 Å². The lowest BCUT2D eigenvalue weighted by Crippen LogP contribution is -2.67. The summed E-state index contributed by atoms with van der Waals surface area (Å²) >= 11 is 18.1. The molecule has 0 radical (unpaired) electrons. The van der Waals surface area contributed by atoms with Crippen molar-refractivity contribution in [1.29, 1.82) is 0 Å². The Kier molecular flexibility index (Phi) is 48.0. The number of rotatable bonds is 60. The molecule has 2 saturated heterocycles. The van der Waals surface area contributed by atoms with Crippen LogP contribution in [0.15, 0.2) is 50.6 Å². The van der Waals surface area contributed by atoms with Gasteiger partial charge in [-0.1, -0.05) is 228 Å². The summed E-state index contributed by atoms with van der Waals surface area (Å²) in [6.07, 6.45) is 15.4. The highest BCUT2D eigenvalue weighted by Gasteiger charge is 2.54. The van der Waals surface area contributed by atoms with Gasteiger partial charge >= 0.3 is 21.5 Å². The van der Waals surface area contributed by atoms with Crippen molar-refractivity contribution in [3.05, 3.63) is 50.6 Å². The largest absolute Gasteiger partial charge is 0.475 e. The molecule has 528 valence electrons. The number of ether oxygens (including phenoxy) is 10. The molecular weight excluding hydrogens is 1270 g/mol. The number of halogens is 3. The maximum absolute atomic E-state index is 14.6. The Morgan fingerprint density at radius 2 is 1.06 bits per heavy atom.